The monoisotopic (exact) mass is 246 g/mol. The summed E-state index contributed by atoms with van der Waals surface area (Å²) in [5, 5.41) is 3.45. The van der Waals surface area contributed by atoms with Crippen molar-refractivity contribution in [3.8, 4) is 0 Å². The summed E-state index contributed by atoms with van der Waals surface area (Å²) in [5.74, 6) is 0.228. The number of likely N-dealkylation sites (N-methyl/N-ethyl adjacent to an activating group) is 1. The van der Waals surface area contributed by atoms with Gasteiger partial charge in [-0.05, 0) is 38.3 Å². The van der Waals surface area contributed by atoms with Gasteiger partial charge in [-0.15, -0.1) is 0 Å². The molecule has 1 amide bonds. The van der Waals surface area contributed by atoms with E-state index in [0.29, 0.717) is 0 Å². The third-order valence-corrected chi connectivity index (χ3v) is 3.73. The molecule has 1 aliphatic heterocycles. The van der Waals surface area contributed by atoms with Crippen LogP contribution in [0.5, 0.6) is 0 Å². The van der Waals surface area contributed by atoms with Crippen molar-refractivity contribution in [1.82, 2.24) is 10.2 Å². The van der Waals surface area contributed by atoms with Gasteiger partial charge in [0.1, 0.15) is 6.17 Å². The van der Waals surface area contributed by atoms with Crippen LogP contribution in [0.4, 0.5) is 0 Å². The van der Waals surface area contributed by atoms with Crippen molar-refractivity contribution in [2.24, 2.45) is 0 Å². The highest BCUT2D eigenvalue weighted by Gasteiger charge is 2.37. The minimum Gasteiger partial charge on any atom is -0.322 e. The number of aryl methyl sites for hydroxylation is 2. The van der Waals surface area contributed by atoms with Gasteiger partial charge in [-0.25, -0.2) is 0 Å². The van der Waals surface area contributed by atoms with E-state index < -0.39 is 0 Å². The highest BCUT2D eigenvalue weighted by molar-refractivity contribution is 5.84. The van der Waals surface area contributed by atoms with Gasteiger partial charge in [0.15, 0.2) is 0 Å². The molecule has 0 aliphatic carbocycles. The first-order valence-corrected chi connectivity index (χ1v) is 6.72. The lowest BCUT2D eigenvalue weighted by atomic mass is 10.0. The Morgan fingerprint density at radius 2 is 2.00 bits per heavy atom. The van der Waals surface area contributed by atoms with E-state index in [0.717, 1.165) is 13.0 Å². The molecule has 3 heteroatoms. The number of hydrogen-bond donors (Lipinski definition) is 1. The van der Waals surface area contributed by atoms with Crippen LogP contribution >= 0.6 is 0 Å². The average molecular weight is 246 g/mol. The number of nitrogens with one attached hydrogen (secondary N) is 1. The van der Waals surface area contributed by atoms with Gasteiger partial charge in [0.05, 0.1) is 6.04 Å². The fourth-order valence-electron chi connectivity index (χ4n) is 2.62. The molecule has 1 N–H and O–H groups in total. The van der Waals surface area contributed by atoms with Gasteiger partial charge < -0.3 is 4.90 Å². The molecule has 0 bridgehead atoms. The third kappa shape index (κ3) is 2.15. The molecule has 1 aliphatic rings. The maximum absolute atomic E-state index is 12.2. The van der Waals surface area contributed by atoms with Crippen LogP contribution in [0.25, 0.3) is 0 Å². The molecule has 1 fully saturated rings. The SMILES string of the molecule is CCC1NC(c2cc(C)ccc2C)N(CC)C1=O. The second-order valence-corrected chi connectivity index (χ2v) is 5.01. The molecule has 2 rings (SSSR count). The number of carbonyl (C=O) groups excluding carboxylic acids is 1. The molecule has 3 nitrogen and oxygen atoms in total. The van der Waals surface area contributed by atoms with E-state index >= 15 is 0 Å². The summed E-state index contributed by atoms with van der Waals surface area (Å²) >= 11 is 0. The number of nitrogens with zero attached hydrogens (tertiary/aromatic N) is 1. The lowest BCUT2D eigenvalue weighted by molar-refractivity contribution is -0.129. The largest absolute Gasteiger partial charge is 0.322 e. The molecule has 0 spiro atoms. The van der Waals surface area contributed by atoms with Crippen LogP contribution in [0.15, 0.2) is 18.2 Å². The van der Waals surface area contributed by atoms with Crippen molar-refractivity contribution in [1.29, 1.82) is 0 Å². The van der Waals surface area contributed by atoms with Gasteiger partial charge in [0, 0.05) is 6.54 Å². The quantitative estimate of drug-likeness (QED) is 0.889. The number of carbonyl (C=O) groups is 1. The first kappa shape index (κ1) is 13.1. The van der Waals surface area contributed by atoms with Gasteiger partial charge in [0.2, 0.25) is 5.91 Å². The molecule has 2 atom stereocenters. The minimum atomic E-state index is -0.0325. The smallest absolute Gasteiger partial charge is 0.241 e. The van der Waals surface area contributed by atoms with Crippen LogP contribution < -0.4 is 5.32 Å². The highest BCUT2D eigenvalue weighted by atomic mass is 16.2. The van der Waals surface area contributed by atoms with E-state index in [1.165, 1.54) is 16.7 Å². The number of rotatable bonds is 3. The fraction of sp³-hybridized carbons (Fsp3) is 0.533. The highest BCUT2D eigenvalue weighted by Crippen LogP contribution is 2.28. The molecule has 98 valence electrons. The van der Waals surface area contributed by atoms with Gasteiger partial charge in [-0.3, -0.25) is 10.1 Å². The maximum atomic E-state index is 12.2. The summed E-state index contributed by atoms with van der Waals surface area (Å²) in [5.41, 5.74) is 3.70. The van der Waals surface area contributed by atoms with Crippen molar-refractivity contribution < 1.29 is 4.79 Å². The molecule has 1 aromatic carbocycles. The molecule has 2 unspecified atom stereocenters. The Morgan fingerprint density at radius 3 is 2.61 bits per heavy atom. The summed E-state index contributed by atoms with van der Waals surface area (Å²) < 4.78 is 0. The van der Waals surface area contributed by atoms with Crippen molar-refractivity contribution in [3.05, 3.63) is 34.9 Å². The minimum absolute atomic E-state index is 0.0325. The normalized spacial score (nSPS) is 23.8. The molecule has 0 radical (unpaired) electrons. The Morgan fingerprint density at radius 1 is 1.28 bits per heavy atom. The van der Waals surface area contributed by atoms with Crippen LogP contribution in [0, 0.1) is 13.8 Å². The second kappa shape index (κ2) is 5.11. The zero-order valence-corrected chi connectivity index (χ0v) is 11.7. The molecule has 0 aromatic heterocycles. The van der Waals surface area contributed by atoms with E-state index in [1.54, 1.807) is 0 Å². The van der Waals surface area contributed by atoms with Crippen LogP contribution in [-0.2, 0) is 4.79 Å². The van der Waals surface area contributed by atoms with Crippen LogP contribution in [0.1, 0.15) is 43.1 Å². The fourth-order valence-corrected chi connectivity index (χ4v) is 2.62. The van der Waals surface area contributed by atoms with Crippen LogP contribution in [0.3, 0.4) is 0 Å². The number of hydrogen-bond acceptors (Lipinski definition) is 2. The van der Waals surface area contributed by atoms with Crippen LogP contribution in [-0.4, -0.2) is 23.4 Å². The second-order valence-electron chi connectivity index (χ2n) is 5.01. The first-order chi connectivity index (χ1) is 8.58. The predicted octanol–water partition coefficient (Wildman–Crippen LogP) is 2.53. The van der Waals surface area contributed by atoms with Crippen molar-refractivity contribution in [2.45, 2.75) is 46.3 Å². The van der Waals surface area contributed by atoms with Gasteiger partial charge in [-0.2, -0.15) is 0 Å². The Balaban J connectivity index is 2.37. The van der Waals surface area contributed by atoms with E-state index in [-0.39, 0.29) is 18.1 Å². The summed E-state index contributed by atoms with van der Waals surface area (Å²) in [6.45, 7) is 9.03. The zero-order valence-electron chi connectivity index (χ0n) is 11.7. The van der Waals surface area contributed by atoms with E-state index in [4.69, 9.17) is 0 Å². The first-order valence-electron chi connectivity index (χ1n) is 6.72. The third-order valence-electron chi connectivity index (χ3n) is 3.73. The summed E-state index contributed by atoms with van der Waals surface area (Å²) in [4.78, 5) is 14.2. The van der Waals surface area contributed by atoms with Gasteiger partial charge in [0.25, 0.3) is 0 Å². The van der Waals surface area contributed by atoms with Crippen molar-refractivity contribution in [3.63, 3.8) is 0 Å². The molecular formula is C15H22N2O. The van der Waals surface area contributed by atoms with Gasteiger partial charge >= 0.3 is 0 Å². The molecule has 1 saturated heterocycles. The summed E-state index contributed by atoms with van der Waals surface area (Å²) in [7, 11) is 0. The van der Waals surface area contributed by atoms with Crippen LogP contribution in [0.2, 0.25) is 0 Å². The molecular weight excluding hydrogens is 224 g/mol. The lowest BCUT2D eigenvalue weighted by Gasteiger charge is -2.24. The van der Waals surface area contributed by atoms with Crippen molar-refractivity contribution in [2.75, 3.05) is 6.54 Å². The molecule has 0 saturated carbocycles. The topological polar surface area (TPSA) is 32.3 Å². The Bertz CT molecular complexity index is 456. The maximum Gasteiger partial charge on any atom is 0.241 e. The average Bonchev–Trinajstić information content (AvgIpc) is 2.68. The zero-order chi connectivity index (χ0) is 13.3. The standard InChI is InChI=1S/C15H22N2O/c1-5-13-15(18)17(6-2)14(16-13)12-9-10(3)7-8-11(12)4/h7-9,13-14,16H,5-6H2,1-4H3. The Hall–Kier alpha value is -1.35. The van der Waals surface area contributed by atoms with E-state index in [2.05, 4.69) is 44.3 Å². The molecule has 1 aromatic rings. The number of benzene rings is 1. The van der Waals surface area contributed by atoms with Gasteiger partial charge in [-0.1, -0.05) is 30.7 Å². The Kier molecular flexibility index (Phi) is 3.71. The summed E-state index contributed by atoms with van der Waals surface area (Å²) in [6, 6.07) is 6.39. The predicted molar refractivity (Wildman–Crippen MR) is 73.3 cm³/mol. The van der Waals surface area contributed by atoms with E-state index in [9.17, 15) is 4.79 Å². The van der Waals surface area contributed by atoms with E-state index in [1.807, 2.05) is 11.8 Å². The molecule has 18 heavy (non-hydrogen) atoms. The van der Waals surface area contributed by atoms with Crippen molar-refractivity contribution >= 4 is 5.91 Å². The Labute approximate surface area is 109 Å². The number of amides is 1. The summed E-state index contributed by atoms with van der Waals surface area (Å²) in [6.07, 6.45) is 0.879. The lowest BCUT2D eigenvalue weighted by Crippen LogP contribution is -2.30. The molecule has 1 heterocycles.